The molecule has 4 heteroatoms. The van der Waals surface area contributed by atoms with E-state index in [0.29, 0.717) is 5.56 Å². The topological polar surface area (TPSA) is 69.5 Å². The number of hydrogen-bond donors (Lipinski definition) is 1. The van der Waals surface area contributed by atoms with Gasteiger partial charge in [0.25, 0.3) is 5.56 Å². The summed E-state index contributed by atoms with van der Waals surface area (Å²) < 4.78 is 0. The average molecular weight is 299 g/mol. The number of benzene rings is 1. The molecule has 4 rings (SSSR count). The molecule has 1 aliphatic rings. The molecule has 0 unspecified atom stereocenters. The van der Waals surface area contributed by atoms with Gasteiger partial charge in [0, 0.05) is 29.1 Å². The van der Waals surface area contributed by atoms with Crippen LogP contribution >= 0.6 is 0 Å². The lowest BCUT2D eigenvalue weighted by atomic mass is 9.84. The molecule has 0 saturated carbocycles. The monoisotopic (exact) mass is 299 g/mol. The number of H-pyrrole nitrogens is 1. The highest BCUT2D eigenvalue weighted by atomic mass is 16.1. The van der Waals surface area contributed by atoms with E-state index in [-0.39, 0.29) is 11.1 Å². The van der Waals surface area contributed by atoms with Crippen LogP contribution in [-0.4, -0.2) is 9.97 Å². The Morgan fingerprint density at radius 1 is 1.13 bits per heavy atom. The predicted octanol–water partition coefficient (Wildman–Crippen LogP) is 3.07. The van der Waals surface area contributed by atoms with Crippen LogP contribution in [0.5, 0.6) is 0 Å². The maximum absolute atomic E-state index is 12.4. The lowest BCUT2D eigenvalue weighted by Crippen LogP contribution is -2.19. The zero-order valence-electron chi connectivity index (χ0n) is 12.3. The van der Waals surface area contributed by atoms with Crippen LogP contribution in [0.1, 0.15) is 16.7 Å². The molecule has 0 radical (unpaired) electrons. The molecular formula is C19H13N3O. The van der Waals surface area contributed by atoms with Gasteiger partial charge in [0.05, 0.1) is 5.69 Å². The summed E-state index contributed by atoms with van der Waals surface area (Å²) in [5.74, 6) is 0. The standard InChI is InChI=1S/C19H13N3O/c20-10-16-17(13-5-3-9-21-11-13)15-8-7-12-4-1-2-6-14(12)18(15)22-19(16)23/h1-6,9,11H,7-8H2,(H,22,23). The van der Waals surface area contributed by atoms with Crippen molar-refractivity contribution >= 4 is 0 Å². The van der Waals surface area contributed by atoms with Crippen LogP contribution in [0.4, 0.5) is 0 Å². The van der Waals surface area contributed by atoms with Gasteiger partial charge in [0.1, 0.15) is 11.6 Å². The molecule has 0 saturated heterocycles. The van der Waals surface area contributed by atoms with E-state index >= 15 is 0 Å². The first-order chi connectivity index (χ1) is 11.3. The Labute approximate surface area is 133 Å². The molecule has 23 heavy (non-hydrogen) atoms. The summed E-state index contributed by atoms with van der Waals surface area (Å²) in [6.07, 6.45) is 5.08. The molecule has 0 atom stereocenters. The summed E-state index contributed by atoms with van der Waals surface area (Å²) in [5, 5.41) is 9.47. The maximum Gasteiger partial charge on any atom is 0.266 e. The van der Waals surface area contributed by atoms with E-state index in [2.05, 4.69) is 22.1 Å². The van der Waals surface area contributed by atoms with Gasteiger partial charge in [0.15, 0.2) is 0 Å². The zero-order valence-corrected chi connectivity index (χ0v) is 12.3. The van der Waals surface area contributed by atoms with Gasteiger partial charge < -0.3 is 4.98 Å². The fourth-order valence-corrected chi connectivity index (χ4v) is 3.30. The number of hydrogen-bond acceptors (Lipinski definition) is 3. The molecular weight excluding hydrogens is 286 g/mol. The molecule has 4 nitrogen and oxygen atoms in total. The Balaban J connectivity index is 2.10. The fourth-order valence-electron chi connectivity index (χ4n) is 3.30. The molecule has 1 N–H and O–H groups in total. The Kier molecular flexibility index (Phi) is 3.06. The van der Waals surface area contributed by atoms with Gasteiger partial charge in [-0.15, -0.1) is 0 Å². The number of fused-ring (bicyclic) bond motifs is 3. The van der Waals surface area contributed by atoms with E-state index in [0.717, 1.165) is 35.2 Å². The van der Waals surface area contributed by atoms with Crippen molar-refractivity contribution in [1.29, 1.82) is 5.26 Å². The van der Waals surface area contributed by atoms with Crippen LogP contribution in [0.15, 0.2) is 53.6 Å². The highest BCUT2D eigenvalue weighted by molar-refractivity contribution is 5.82. The second-order valence-electron chi connectivity index (χ2n) is 5.57. The van der Waals surface area contributed by atoms with Crippen molar-refractivity contribution in [3.63, 3.8) is 0 Å². The van der Waals surface area contributed by atoms with E-state index in [1.807, 2.05) is 30.3 Å². The summed E-state index contributed by atoms with van der Waals surface area (Å²) in [4.78, 5) is 19.5. The zero-order chi connectivity index (χ0) is 15.8. The highest BCUT2D eigenvalue weighted by Crippen LogP contribution is 2.37. The first-order valence-electron chi connectivity index (χ1n) is 7.47. The maximum atomic E-state index is 12.4. The van der Waals surface area contributed by atoms with Crippen molar-refractivity contribution in [2.75, 3.05) is 0 Å². The minimum atomic E-state index is -0.346. The Morgan fingerprint density at radius 2 is 2.00 bits per heavy atom. The van der Waals surface area contributed by atoms with Crippen LogP contribution < -0.4 is 5.56 Å². The SMILES string of the molecule is N#Cc1c(-c2cccnc2)c2c([nH]c1=O)-c1ccccc1CC2. The molecule has 0 aliphatic heterocycles. The predicted molar refractivity (Wildman–Crippen MR) is 87.9 cm³/mol. The van der Waals surface area contributed by atoms with Crippen molar-refractivity contribution in [3.8, 4) is 28.5 Å². The van der Waals surface area contributed by atoms with Gasteiger partial charge in [-0.1, -0.05) is 30.3 Å². The first kappa shape index (κ1) is 13.5. The number of pyridine rings is 2. The van der Waals surface area contributed by atoms with Gasteiger partial charge in [-0.25, -0.2) is 0 Å². The molecule has 1 aliphatic carbocycles. The molecule has 0 amide bonds. The number of aromatic nitrogens is 2. The van der Waals surface area contributed by atoms with Gasteiger partial charge in [0.2, 0.25) is 0 Å². The summed E-state index contributed by atoms with van der Waals surface area (Å²) in [6.45, 7) is 0. The van der Waals surface area contributed by atoms with Crippen LogP contribution in [0, 0.1) is 11.3 Å². The molecule has 0 spiro atoms. The molecule has 1 aromatic carbocycles. The van der Waals surface area contributed by atoms with Crippen LogP contribution in [0.25, 0.3) is 22.4 Å². The molecule has 0 bridgehead atoms. The molecule has 2 aromatic heterocycles. The summed E-state index contributed by atoms with van der Waals surface area (Å²) >= 11 is 0. The molecule has 110 valence electrons. The smallest absolute Gasteiger partial charge is 0.266 e. The number of rotatable bonds is 1. The Hall–Kier alpha value is -3.19. The van der Waals surface area contributed by atoms with Crippen LogP contribution in [0.2, 0.25) is 0 Å². The molecule has 2 heterocycles. The number of nitrogens with zero attached hydrogens (tertiary/aromatic N) is 2. The summed E-state index contributed by atoms with van der Waals surface area (Å²) in [5.41, 5.74) is 5.46. The molecule has 0 fully saturated rings. The lowest BCUT2D eigenvalue weighted by Gasteiger charge is -2.22. The minimum Gasteiger partial charge on any atom is -0.320 e. The fraction of sp³-hybridized carbons (Fsp3) is 0.105. The number of nitriles is 1. The van der Waals surface area contributed by atoms with E-state index in [1.54, 1.807) is 12.4 Å². The van der Waals surface area contributed by atoms with Gasteiger partial charge in [-0.3, -0.25) is 9.78 Å². The Morgan fingerprint density at radius 3 is 2.78 bits per heavy atom. The van der Waals surface area contributed by atoms with Crippen LogP contribution in [0.3, 0.4) is 0 Å². The second-order valence-corrected chi connectivity index (χ2v) is 5.57. The second kappa shape index (κ2) is 5.22. The largest absolute Gasteiger partial charge is 0.320 e. The third kappa shape index (κ3) is 2.06. The van der Waals surface area contributed by atoms with Crippen molar-refractivity contribution in [1.82, 2.24) is 9.97 Å². The van der Waals surface area contributed by atoms with Gasteiger partial charge in [-0.05, 0) is 30.0 Å². The normalized spacial score (nSPS) is 12.1. The average Bonchev–Trinajstić information content (AvgIpc) is 2.61. The Bertz CT molecular complexity index is 997. The van der Waals surface area contributed by atoms with E-state index in [1.165, 1.54) is 5.56 Å². The number of aromatic amines is 1. The summed E-state index contributed by atoms with van der Waals surface area (Å²) in [7, 11) is 0. The third-order valence-electron chi connectivity index (χ3n) is 4.31. The summed E-state index contributed by atoms with van der Waals surface area (Å²) in [6, 6.07) is 13.8. The third-order valence-corrected chi connectivity index (χ3v) is 4.31. The molecule has 3 aromatic rings. The van der Waals surface area contributed by atoms with Crippen molar-refractivity contribution < 1.29 is 0 Å². The number of aryl methyl sites for hydroxylation is 1. The first-order valence-corrected chi connectivity index (χ1v) is 7.47. The van der Waals surface area contributed by atoms with Gasteiger partial charge in [-0.2, -0.15) is 5.26 Å². The quantitative estimate of drug-likeness (QED) is 0.750. The van der Waals surface area contributed by atoms with E-state index < -0.39 is 0 Å². The van der Waals surface area contributed by atoms with E-state index in [9.17, 15) is 10.1 Å². The minimum absolute atomic E-state index is 0.163. The highest BCUT2D eigenvalue weighted by Gasteiger charge is 2.24. The van der Waals surface area contributed by atoms with Crippen molar-refractivity contribution in [2.24, 2.45) is 0 Å². The van der Waals surface area contributed by atoms with Crippen LogP contribution in [-0.2, 0) is 12.8 Å². The van der Waals surface area contributed by atoms with E-state index in [4.69, 9.17) is 0 Å². The number of nitrogens with one attached hydrogen (secondary N) is 1. The lowest BCUT2D eigenvalue weighted by molar-refractivity contribution is 0.923. The van der Waals surface area contributed by atoms with Gasteiger partial charge >= 0.3 is 0 Å². The van der Waals surface area contributed by atoms with Crippen molar-refractivity contribution in [2.45, 2.75) is 12.8 Å². The van der Waals surface area contributed by atoms with Crippen molar-refractivity contribution in [3.05, 3.63) is 75.8 Å².